The topological polar surface area (TPSA) is 72.5 Å². The normalized spacial score (nSPS) is 11.4. The molecule has 3 N–H and O–H groups in total. The van der Waals surface area contributed by atoms with Crippen LogP contribution in [0.2, 0.25) is 0 Å². The van der Waals surface area contributed by atoms with Crippen LogP contribution >= 0.6 is 0 Å². The van der Waals surface area contributed by atoms with Crippen LogP contribution in [-0.2, 0) is 9.53 Å². The molecule has 0 atom stereocenters. The van der Waals surface area contributed by atoms with Gasteiger partial charge in [-0.3, -0.25) is 0 Å². The quantitative estimate of drug-likeness (QED) is 0.509. The van der Waals surface area contributed by atoms with Crippen molar-refractivity contribution in [3.05, 3.63) is 11.8 Å². The maximum Gasteiger partial charge on any atom is 0.330 e. The predicted molar refractivity (Wildman–Crippen MR) is 31.8 cm³/mol. The third-order valence-electron chi connectivity index (χ3n) is 0.620. The van der Waals surface area contributed by atoms with Crippen LogP contribution in [0.5, 0.6) is 0 Å². The van der Waals surface area contributed by atoms with Gasteiger partial charge in [0, 0.05) is 18.9 Å². The molecule has 0 aromatic rings. The van der Waals surface area contributed by atoms with Gasteiger partial charge in [-0.1, -0.05) is 0 Å². The van der Waals surface area contributed by atoms with Crippen LogP contribution < -0.4 is 5.73 Å². The summed E-state index contributed by atoms with van der Waals surface area (Å²) in [6.07, 6.45) is 0.906. The van der Waals surface area contributed by atoms with E-state index in [0.717, 1.165) is 6.08 Å². The lowest BCUT2D eigenvalue weighted by molar-refractivity contribution is -0.131. The van der Waals surface area contributed by atoms with E-state index in [-0.39, 0.29) is 12.3 Å². The zero-order chi connectivity index (χ0) is 7.28. The second kappa shape index (κ2) is 3.91. The standard InChI is InChI=1S/C5H9NO3/c1-9-3-4(6)2-5(7)8/h2H,3,6H2,1H3,(H,7,8)/b4-2-. The summed E-state index contributed by atoms with van der Waals surface area (Å²) >= 11 is 0. The molecule has 0 aliphatic rings. The van der Waals surface area contributed by atoms with E-state index in [1.165, 1.54) is 7.11 Å². The van der Waals surface area contributed by atoms with Gasteiger partial charge in [0.05, 0.1) is 6.61 Å². The molecule has 0 rings (SSSR count). The summed E-state index contributed by atoms with van der Waals surface area (Å²) in [5.41, 5.74) is 5.35. The van der Waals surface area contributed by atoms with Crippen LogP contribution in [-0.4, -0.2) is 24.8 Å². The van der Waals surface area contributed by atoms with Crippen molar-refractivity contribution in [3.63, 3.8) is 0 Å². The Balaban J connectivity index is 3.69. The summed E-state index contributed by atoms with van der Waals surface area (Å²) in [6.45, 7) is 0.159. The number of ether oxygens (including phenoxy) is 1. The van der Waals surface area contributed by atoms with Crippen molar-refractivity contribution in [2.45, 2.75) is 0 Å². The first kappa shape index (κ1) is 7.97. The molecular weight excluding hydrogens is 122 g/mol. The molecule has 0 fully saturated rings. The highest BCUT2D eigenvalue weighted by Gasteiger charge is 1.91. The number of carbonyl (C=O) groups is 1. The molecule has 52 valence electrons. The molecule has 0 radical (unpaired) electrons. The molecule has 0 aliphatic carbocycles. The van der Waals surface area contributed by atoms with E-state index in [1.54, 1.807) is 0 Å². The maximum absolute atomic E-state index is 9.87. The van der Waals surface area contributed by atoms with Crippen molar-refractivity contribution >= 4 is 5.97 Å². The Hall–Kier alpha value is -1.03. The van der Waals surface area contributed by atoms with E-state index in [1.807, 2.05) is 0 Å². The van der Waals surface area contributed by atoms with E-state index in [9.17, 15) is 4.79 Å². The predicted octanol–water partition coefficient (Wildman–Crippen LogP) is -0.440. The number of hydrogen-bond acceptors (Lipinski definition) is 3. The van der Waals surface area contributed by atoms with Crippen LogP contribution in [0.3, 0.4) is 0 Å². The van der Waals surface area contributed by atoms with E-state index in [0.29, 0.717) is 0 Å². The number of hydrogen-bond donors (Lipinski definition) is 2. The van der Waals surface area contributed by atoms with Crippen molar-refractivity contribution < 1.29 is 14.6 Å². The molecule has 0 aliphatic heterocycles. The summed E-state index contributed by atoms with van der Waals surface area (Å²) < 4.78 is 4.55. The number of rotatable bonds is 3. The van der Waals surface area contributed by atoms with Gasteiger partial charge in [-0.2, -0.15) is 0 Å². The molecule has 0 amide bonds. The van der Waals surface area contributed by atoms with Crippen molar-refractivity contribution in [1.82, 2.24) is 0 Å². The highest BCUT2D eigenvalue weighted by Crippen LogP contribution is 1.82. The molecular formula is C5H9NO3. The number of methoxy groups -OCH3 is 1. The zero-order valence-corrected chi connectivity index (χ0v) is 5.13. The largest absolute Gasteiger partial charge is 0.478 e. The second-order valence-electron chi connectivity index (χ2n) is 1.49. The van der Waals surface area contributed by atoms with Gasteiger partial charge in [0.1, 0.15) is 0 Å². The molecule has 4 heteroatoms. The Morgan fingerprint density at radius 1 is 1.89 bits per heavy atom. The summed E-state index contributed by atoms with van der Waals surface area (Å²) in [6, 6.07) is 0. The van der Waals surface area contributed by atoms with Crippen molar-refractivity contribution in [3.8, 4) is 0 Å². The molecule has 0 heterocycles. The van der Waals surface area contributed by atoms with Crippen LogP contribution in [0, 0.1) is 0 Å². The van der Waals surface area contributed by atoms with Crippen molar-refractivity contribution in [2.75, 3.05) is 13.7 Å². The van der Waals surface area contributed by atoms with E-state index in [2.05, 4.69) is 4.74 Å². The molecule has 0 saturated carbocycles. The van der Waals surface area contributed by atoms with Gasteiger partial charge in [0.25, 0.3) is 0 Å². The Labute approximate surface area is 52.9 Å². The summed E-state index contributed by atoms with van der Waals surface area (Å²) in [5.74, 6) is -1.05. The van der Waals surface area contributed by atoms with Gasteiger partial charge >= 0.3 is 5.97 Å². The fourth-order valence-electron chi connectivity index (χ4n) is 0.367. The van der Waals surface area contributed by atoms with Gasteiger partial charge in [-0.25, -0.2) is 4.79 Å². The molecule has 0 unspecified atom stereocenters. The number of nitrogens with two attached hydrogens (primary N) is 1. The molecule has 9 heavy (non-hydrogen) atoms. The highest BCUT2D eigenvalue weighted by atomic mass is 16.5. The first-order chi connectivity index (χ1) is 4.16. The maximum atomic E-state index is 9.87. The molecule has 0 spiro atoms. The Kier molecular flexibility index (Phi) is 3.46. The summed E-state index contributed by atoms with van der Waals surface area (Å²) in [5, 5.41) is 8.10. The lowest BCUT2D eigenvalue weighted by Gasteiger charge is -1.94. The number of aliphatic carboxylic acids is 1. The highest BCUT2D eigenvalue weighted by molar-refractivity contribution is 5.80. The molecule has 0 bridgehead atoms. The smallest absolute Gasteiger partial charge is 0.330 e. The Morgan fingerprint density at radius 2 is 2.44 bits per heavy atom. The minimum atomic E-state index is -1.05. The van der Waals surface area contributed by atoms with Gasteiger partial charge in [-0.05, 0) is 0 Å². The molecule has 0 aromatic carbocycles. The third-order valence-corrected chi connectivity index (χ3v) is 0.620. The SMILES string of the molecule is COC/C(N)=C/C(=O)O. The first-order valence-corrected chi connectivity index (χ1v) is 2.34. The van der Waals surface area contributed by atoms with Crippen LogP contribution in [0.25, 0.3) is 0 Å². The minimum Gasteiger partial charge on any atom is -0.478 e. The van der Waals surface area contributed by atoms with Crippen molar-refractivity contribution in [2.24, 2.45) is 5.73 Å². The lowest BCUT2D eigenvalue weighted by atomic mass is 10.4. The minimum absolute atomic E-state index is 0.159. The average Bonchev–Trinajstić information content (AvgIpc) is 1.63. The number of carboxylic acids is 1. The average molecular weight is 131 g/mol. The van der Waals surface area contributed by atoms with Crippen LogP contribution in [0.4, 0.5) is 0 Å². The van der Waals surface area contributed by atoms with Crippen molar-refractivity contribution in [1.29, 1.82) is 0 Å². The van der Waals surface area contributed by atoms with Gasteiger partial charge < -0.3 is 15.6 Å². The molecule has 0 saturated heterocycles. The Morgan fingerprint density at radius 3 is 2.78 bits per heavy atom. The molecule has 0 aromatic heterocycles. The molecule has 4 nitrogen and oxygen atoms in total. The van der Waals surface area contributed by atoms with E-state index in [4.69, 9.17) is 10.8 Å². The fourth-order valence-corrected chi connectivity index (χ4v) is 0.367. The first-order valence-electron chi connectivity index (χ1n) is 2.34. The number of carboxylic acid groups (broad SMARTS) is 1. The van der Waals surface area contributed by atoms with E-state index >= 15 is 0 Å². The summed E-state index contributed by atoms with van der Waals surface area (Å²) in [4.78, 5) is 9.87. The lowest BCUT2D eigenvalue weighted by Crippen LogP contribution is -2.07. The summed E-state index contributed by atoms with van der Waals surface area (Å²) in [7, 11) is 1.45. The Bertz CT molecular complexity index is 130. The van der Waals surface area contributed by atoms with Gasteiger partial charge in [0.15, 0.2) is 0 Å². The monoisotopic (exact) mass is 131 g/mol. The van der Waals surface area contributed by atoms with Crippen LogP contribution in [0.1, 0.15) is 0 Å². The second-order valence-corrected chi connectivity index (χ2v) is 1.49. The van der Waals surface area contributed by atoms with Crippen LogP contribution in [0.15, 0.2) is 11.8 Å². The fraction of sp³-hybridized carbons (Fsp3) is 0.400. The van der Waals surface area contributed by atoms with Gasteiger partial charge in [-0.15, -0.1) is 0 Å². The zero-order valence-electron chi connectivity index (χ0n) is 5.13. The van der Waals surface area contributed by atoms with Gasteiger partial charge in [0.2, 0.25) is 0 Å². The third kappa shape index (κ3) is 4.83. The van der Waals surface area contributed by atoms with E-state index < -0.39 is 5.97 Å².